The van der Waals surface area contributed by atoms with Gasteiger partial charge in [-0.05, 0) is 44.1 Å². The lowest BCUT2D eigenvalue weighted by Crippen LogP contribution is -2.70. The molecule has 1 amide bonds. The van der Waals surface area contributed by atoms with Crippen LogP contribution in [0.4, 0.5) is 0 Å². The Hall–Kier alpha value is -3.80. The van der Waals surface area contributed by atoms with Crippen LogP contribution in [0, 0.1) is 11.8 Å². The Labute approximate surface area is 224 Å². The van der Waals surface area contributed by atoms with E-state index in [4.69, 9.17) is 5.73 Å². The fraction of sp³-hybridized carbons (Fsp3) is 0.429. The Bertz CT molecular complexity index is 1390. The Kier molecular flexibility index (Phi) is 7.05. The van der Waals surface area contributed by atoms with Gasteiger partial charge in [0.1, 0.15) is 22.8 Å². The number of hydrogen-bond donors (Lipinski definition) is 6. The molecule has 0 radical (unpaired) electrons. The molecular weight excluding hydrogens is 508 g/mol. The summed E-state index contributed by atoms with van der Waals surface area (Å²) >= 11 is 0. The third kappa shape index (κ3) is 3.91. The molecule has 0 heterocycles. The number of rotatable bonds is 6. The highest BCUT2D eigenvalue weighted by Crippen LogP contribution is 2.56. The monoisotopic (exact) mass is 540 g/mol. The van der Waals surface area contributed by atoms with Gasteiger partial charge < -0.3 is 31.3 Å². The van der Waals surface area contributed by atoms with Crippen LogP contribution in [0.25, 0.3) is 11.8 Å². The smallest absolute Gasteiger partial charge is 0.255 e. The molecule has 6 atom stereocenters. The molecule has 1 aromatic rings. The average Bonchev–Trinajstić information content (AvgIpc) is 2.85. The number of primary amides is 1. The van der Waals surface area contributed by atoms with E-state index in [2.05, 4.69) is 0 Å². The predicted octanol–water partition coefficient (Wildman–Crippen LogP) is 0.878. The van der Waals surface area contributed by atoms with Gasteiger partial charge in [-0.25, -0.2) is 0 Å². The van der Waals surface area contributed by atoms with Crippen molar-refractivity contribution in [1.82, 2.24) is 4.90 Å². The Morgan fingerprint density at radius 3 is 2.36 bits per heavy atom. The number of nitrogens with zero attached hydrogens (tertiary/aromatic N) is 1. The maximum atomic E-state index is 14.0. The minimum absolute atomic E-state index is 0.129. The van der Waals surface area contributed by atoms with Crippen LogP contribution in [-0.4, -0.2) is 85.5 Å². The molecule has 1 saturated carbocycles. The Morgan fingerprint density at radius 2 is 1.79 bits per heavy atom. The van der Waals surface area contributed by atoms with Gasteiger partial charge in [0.25, 0.3) is 5.91 Å². The summed E-state index contributed by atoms with van der Waals surface area (Å²) < 4.78 is 0. The first-order chi connectivity index (χ1) is 18.2. The normalized spacial score (nSPS) is 30.5. The molecule has 39 heavy (non-hydrogen) atoms. The molecule has 3 aliphatic carbocycles. The fourth-order valence-corrected chi connectivity index (χ4v) is 6.28. The molecule has 1 unspecified atom stereocenters. The van der Waals surface area contributed by atoms with E-state index < -0.39 is 81.4 Å². The number of fused-ring (bicyclic) bond motifs is 3. The average molecular weight is 541 g/mol. The molecule has 7 N–H and O–H groups in total. The minimum atomic E-state index is -2.97. The number of aromatic hydroxyl groups is 1. The third-order valence-corrected chi connectivity index (χ3v) is 8.11. The molecule has 208 valence electrons. The van der Waals surface area contributed by atoms with Gasteiger partial charge >= 0.3 is 0 Å². The largest absolute Gasteiger partial charge is 0.508 e. The lowest BCUT2D eigenvalue weighted by Gasteiger charge is -2.53. The van der Waals surface area contributed by atoms with Gasteiger partial charge in [-0.1, -0.05) is 26.0 Å². The van der Waals surface area contributed by atoms with Crippen molar-refractivity contribution in [3.05, 3.63) is 51.8 Å². The van der Waals surface area contributed by atoms with Crippen LogP contribution < -0.4 is 5.73 Å². The first-order valence-corrected chi connectivity index (χ1v) is 12.6. The lowest BCUT2D eigenvalue weighted by molar-refractivity contribution is -0.169. The van der Waals surface area contributed by atoms with Crippen LogP contribution in [0.5, 0.6) is 5.75 Å². The maximum absolute atomic E-state index is 14.0. The lowest BCUT2D eigenvalue weighted by atomic mass is 9.54. The van der Waals surface area contributed by atoms with Crippen LogP contribution in [0.1, 0.15) is 49.3 Å². The number of benzene rings is 1. The van der Waals surface area contributed by atoms with Crippen molar-refractivity contribution in [2.75, 3.05) is 14.1 Å². The number of ketones is 3. The fourth-order valence-electron chi connectivity index (χ4n) is 6.28. The summed E-state index contributed by atoms with van der Waals surface area (Å²) in [4.78, 5) is 52.5. The third-order valence-electron chi connectivity index (χ3n) is 8.11. The van der Waals surface area contributed by atoms with Crippen LogP contribution in [-0.2, 0) is 19.2 Å². The number of nitrogens with two attached hydrogens (primary N) is 1. The summed E-state index contributed by atoms with van der Waals surface area (Å²) in [5.41, 5.74) is 1.35. The highest BCUT2D eigenvalue weighted by Gasteiger charge is 2.68. The molecular formula is C28H32N2O9. The van der Waals surface area contributed by atoms with Gasteiger partial charge in [-0.15, -0.1) is 0 Å². The van der Waals surface area contributed by atoms with E-state index in [1.807, 2.05) is 6.92 Å². The number of likely N-dealkylation sites (N-methyl/N-ethyl adjacent to an activating group) is 1. The van der Waals surface area contributed by atoms with Crippen molar-refractivity contribution in [3.63, 3.8) is 0 Å². The first kappa shape index (κ1) is 28.2. The van der Waals surface area contributed by atoms with Crippen LogP contribution in [0.15, 0.2) is 35.1 Å². The molecule has 4 rings (SSSR count). The summed E-state index contributed by atoms with van der Waals surface area (Å²) in [7, 11) is 2.89. The summed E-state index contributed by atoms with van der Waals surface area (Å²) in [5.74, 6) is -9.63. The topological polar surface area (TPSA) is 199 Å². The first-order valence-electron chi connectivity index (χ1n) is 12.6. The quantitative estimate of drug-likeness (QED) is 0.222. The van der Waals surface area contributed by atoms with E-state index in [9.17, 15) is 44.7 Å². The SMILES string of the molecule is CCCC(=O)/C=C/c1ccc2c(c1O)C(O)=C1C(=O)[C@]3(O)C(O)=C(C(N)=O)C(=O)C(N(C)C)[C@@H]3[C@@H](O)[C@@H]1[C@H]2C. The zero-order valence-corrected chi connectivity index (χ0v) is 22.0. The highest BCUT2D eigenvalue weighted by molar-refractivity contribution is 6.24. The van der Waals surface area contributed by atoms with Crippen LogP contribution in [0.2, 0.25) is 0 Å². The molecule has 0 spiro atoms. The molecule has 0 bridgehead atoms. The van der Waals surface area contributed by atoms with E-state index in [-0.39, 0.29) is 16.9 Å². The van der Waals surface area contributed by atoms with E-state index in [1.165, 1.54) is 37.2 Å². The van der Waals surface area contributed by atoms with E-state index in [0.717, 1.165) is 0 Å². The number of phenols is 1. The number of amides is 1. The number of phenolic OH excluding ortho intramolecular Hbond substituents is 1. The Morgan fingerprint density at radius 1 is 1.15 bits per heavy atom. The van der Waals surface area contributed by atoms with Crippen molar-refractivity contribution in [2.24, 2.45) is 17.6 Å². The van der Waals surface area contributed by atoms with Gasteiger partial charge in [0.15, 0.2) is 17.2 Å². The zero-order valence-electron chi connectivity index (χ0n) is 22.0. The van der Waals surface area contributed by atoms with E-state index >= 15 is 0 Å². The van der Waals surface area contributed by atoms with E-state index in [1.54, 1.807) is 13.0 Å². The van der Waals surface area contributed by atoms with E-state index in [0.29, 0.717) is 18.4 Å². The van der Waals surface area contributed by atoms with Crippen molar-refractivity contribution < 1.29 is 44.7 Å². The number of allylic oxidation sites excluding steroid dienone is 1. The molecule has 11 heteroatoms. The van der Waals surface area contributed by atoms with Gasteiger partial charge in [0, 0.05) is 23.5 Å². The summed E-state index contributed by atoms with van der Waals surface area (Å²) in [6, 6.07) is 1.71. The van der Waals surface area contributed by atoms with Crippen molar-refractivity contribution in [3.8, 4) is 5.75 Å². The second kappa shape index (κ2) is 9.74. The number of hydrogen-bond acceptors (Lipinski definition) is 10. The standard InChI is InChI=1S/C28H32N2O9/c1-5-6-13(31)9-7-12-8-10-14-11(2)15-17(22(33)16(14)21(12)32)25(36)28(39)19(23(15)34)20(30(3)4)24(35)18(26(28)37)27(29)38/h7-11,15,19-20,23,32-34,37,39H,5-6H2,1-4H3,(H2,29,38)/b9-7+/t11-,15+,19+,20?,23-,28-/m0/s1. The van der Waals surface area contributed by atoms with Crippen molar-refractivity contribution in [2.45, 2.75) is 50.4 Å². The number of carbonyl (C=O) groups is 4. The number of carbonyl (C=O) groups excluding carboxylic acids is 4. The van der Waals surface area contributed by atoms with Crippen molar-refractivity contribution >= 4 is 35.1 Å². The molecule has 3 aliphatic rings. The second-order valence-electron chi connectivity index (χ2n) is 10.6. The second-order valence-corrected chi connectivity index (χ2v) is 10.6. The zero-order chi connectivity index (χ0) is 29.1. The highest BCUT2D eigenvalue weighted by atomic mass is 16.4. The van der Waals surface area contributed by atoms with Gasteiger partial charge in [-0.2, -0.15) is 0 Å². The maximum Gasteiger partial charge on any atom is 0.255 e. The number of Topliss-reactive ketones (excluding diaryl/α,β-unsaturated/α-hetero) is 2. The summed E-state index contributed by atoms with van der Waals surface area (Å²) in [5, 5.41) is 56.6. The number of aliphatic hydroxyl groups is 4. The predicted molar refractivity (Wildman–Crippen MR) is 139 cm³/mol. The Balaban J connectivity index is 1.97. The van der Waals surface area contributed by atoms with Gasteiger partial charge in [-0.3, -0.25) is 24.1 Å². The summed E-state index contributed by atoms with van der Waals surface area (Å²) in [6.07, 6.45) is 1.96. The molecule has 1 fully saturated rings. The molecule has 11 nitrogen and oxygen atoms in total. The van der Waals surface area contributed by atoms with Crippen LogP contribution in [0.3, 0.4) is 0 Å². The van der Waals surface area contributed by atoms with Crippen molar-refractivity contribution in [1.29, 1.82) is 0 Å². The number of aliphatic hydroxyl groups excluding tert-OH is 3. The molecule has 0 saturated heterocycles. The molecule has 1 aromatic carbocycles. The van der Waals surface area contributed by atoms with Crippen LogP contribution >= 0.6 is 0 Å². The molecule has 0 aliphatic heterocycles. The molecule has 0 aromatic heterocycles. The van der Waals surface area contributed by atoms with Gasteiger partial charge in [0.05, 0.1) is 23.6 Å². The van der Waals surface area contributed by atoms with Gasteiger partial charge in [0.2, 0.25) is 5.78 Å². The summed E-state index contributed by atoms with van der Waals surface area (Å²) in [6.45, 7) is 3.50. The minimum Gasteiger partial charge on any atom is -0.508 e.